The summed E-state index contributed by atoms with van der Waals surface area (Å²) in [6, 6.07) is 8.60. The van der Waals surface area contributed by atoms with Gasteiger partial charge in [0.15, 0.2) is 0 Å². The van der Waals surface area contributed by atoms with Gasteiger partial charge in [0.2, 0.25) is 0 Å². The molecule has 25 heavy (non-hydrogen) atoms. The van der Waals surface area contributed by atoms with Crippen molar-refractivity contribution in [2.75, 3.05) is 5.32 Å². The molecule has 1 amide bonds. The van der Waals surface area contributed by atoms with Gasteiger partial charge in [0.05, 0.1) is 22.0 Å². The lowest BCUT2D eigenvalue weighted by Crippen LogP contribution is -2.13. The highest BCUT2D eigenvalue weighted by Gasteiger charge is 2.30. The number of nitrogens with zero attached hydrogens (tertiary/aromatic N) is 4. The molecule has 3 aromatic rings. The molecule has 0 aliphatic rings. The van der Waals surface area contributed by atoms with Crippen LogP contribution in [0.5, 0.6) is 0 Å². The predicted octanol–water partition coefficient (Wildman–Crippen LogP) is 3.59. The van der Waals surface area contributed by atoms with E-state index < -0.39 is 17.6 Å². The number of nitrogens with one attached hydrogen (secondary N) is 1. The third kappa shape index (κ3) is 3.77. The van der Waals surface area contributed by atoms with Gasteiger partial charge in [-0.1, -0.05) is 11.6 Å². The Balaban J connectivity index is 1.82. The summed E-state index contributed by atoms with van der Waals surface area (Å²) in [5, 5.41) is 13.5. The van der Waals surface area contributed by atoms with Gasteiger partial charge in [-0.2, -0.15) is 13.2 Å². The molecule has 0 saturated heterocycles. The lowest BCUT2D eigenvalue weighted by molar-refractivity contribution is -0.137. The smallest absolute Gasteiger partial charge is 0.321 e. The second-order valence-corrected chi connectivity index (χ2v) is 5.35. The van der Waals surface area contributed by atoms with Gasteiger partial charge >= 0.3 is 6.18 Å². The Morgan fingerprint density at radius 1 is 1.12 bits per heavy atom. The SMILES string of the molecule is O=C(Nc1cc(-n2cnnn2)ccc1Cl)c1ccc(C(F)(F)F)cc1. The van der Waals surface area contributed by atoms with Crippen molar-refractivity contribution in [3.63, 3.8) is 0 Å². The van der Waals surface area contributed by atoms with Crippen LogP contribution in [0.2, 0.25) is 5.02 Å². The first-order valence-electron chi connectivity index (χ1n) is 6.86. The third-order valence-corrected chi connectivity index (χ3v) is 3.62. The molecule has 0 atom stereocenters. The Morgan fingerprint density at radius 3 is 2.44 bits per heavy atom. The van der Waals surface area contributed by atoms with E-state index in [-0.39, 0.29) is 16.3 Å². The molecule has 6 nitrogen and oxygen atoms in total. The standard InChI is InChI=1S/C15H9ClF3N5O/c16-12-6-5-11(24-8-20-22-23-24)7-13(12)21-14(25)9-1-3-10(4-2-9)15(17,18)19/h1-8H,(H,21,25). The fraction of sp³-hybridized carbons (Fsp3) is 0.0667. The average molecular weight is 368 g/mol. The average Bonchev–Trinajstić information content (AvgIpc) is 3.10. The molecule has 3 rings (SSSR count). The quantitative estimate of drug-likeness (QED) is 0.768. The Hall–Kier alpha value is -2.94. The summed E-state index contributed by atoms with van der Waals surface area (Å²) < 4.78 is 39.1. The van der Waals surface area contributed by atoms with Crippen LogP contribution < -0.4 is 5.32 Å². The fourth-order valence-electron chi connectivity index (χ4n) is 2.04. The van der Waals surface area contributed by atoms with Gasteiger partial charge in [0, 0.05) is 5.56 Å². The van der Waals surface area contributed by atoms with E-state index >= 15 is 0 Å². The van der Waals surface area contributed by atoms with Crippen molar-refractivity contribution in [2.45, 2.75) is 6.18 Å². The number of amides is 1. The van der Waals surface area contributed by atoms with Crippen molar-refractivity contribution in [2.24, 2.45) is 0 Å². The maximum Gasteiger partial charge on any atom is 0.416 e. The normalized spacial score (nSPS) is 11.4. The first-order chi connectivity index (χ1) is 11.8. The van der Waals surface area contributed by atoms with E-state index in [1.165, 1.54) is 11.0 Å². The van der Waals surface area contributed by atoms with E-state index in [4.69, 9.17) is 11.6 Å². The van der Waals surface area contributed by atoms with Crippen LogP contribution in [-0.4, -0.2) is 26.1 Å². The monoisotopic (exact) mass is 367 g/mol. The Morgan fingerprint density at radius 2 is 1.84 bits per heavy atom. The van der Waals surface area contributed by atoms with Gasteiger partial charge in [0.1, 0.15) is 6.33 Å². The molecular formula is C15H9ClF3N5O. The Bertz CT molecular complexity index is 895. The molecule has 0 saturated carbocycles. The number of carbonyl (C=O) groups excluding carboxylic acids is 1. The highest BCUT2D eigenvalue weighted by atomic mass is 35.5. The van der Waals surface area contributed by atoms with E-state index in [1.807, 2.05) is 0 Å². The molecule has 0 spiro atoms. The molecular weight excluding hydrogens is 359 g/mol. The van der Waals surface area contributed by atoms with E-state index in [0.29, 0.717) is 5.69 Å². The summed E-state index contributed by atoms with van der Waals surface area (Å²) in [5.41, 5.74) is 0.0661. The number of alkyl halides is 3. The number of aromatic nitrogens is 4. The van der Waals surface area contributed by atoms with Crippen molar-refractivity contribution in [1.82, 2.24) is 20.2 Å². The Kier molecular flexibility index (Phi) is 4.41. The molecule has 2 aromatic carbocycles. The number of rotatable bonds is 3. The summed E-state index contributed by atoms with van der Waals surface area (Å²) in [6.07, 6.45) is -3.09. The van der Waals surface area contributed by atoms with Crippen LogP contribution in [0.1, 0.15) is 15.9 Å². The van der Waals surface area contributed by atoms with Crippen molar-refractivity contribution in [3.05, 3.63) is 64.9 Å². The zero-order valence-corrected chi connectivity index (χ0v) is 13.1. The maximum atomic E-state index is 12.6. The molecule has 0 aliphatic carbocycles. The number of benzene rings is 2. The Labute approximate surface area is 144 Å². The van der Waals surface area contributed by atoms with Gasteiger partial charge in [-0.25, -0.2) is 4.68 Å². The molecule has 0 fully saturated rings. The van der Waals surface area contributed by atoms with Crippen molar-refractivity contribution < 1.29 is 18.0 Å². The van der Waals surface area contributed by atoms with E-state index in [1.54, 1.807) is 18.2 Å². The summed E-state index contributed by atoms with van der Waals surface area (Å²) >= 11 is 6.05. The van der Waals surface area contributed by atoms with Crippen LogP contribution in [-0.2, 0) is 6.18 Å². The number of carbonyl (C=O) groups is 1. The summed E-state index contributed by atoms with van der Waals surface area (Å²) in [6.45, 7) is 0. The minimum absolute atomic E-state index is 0.0666. The van der Waals surface area contributed by atoms with Crippen LogP contribution >= 0.6 is 11.6 Å². The predicted molar refractivity (Wildman–Crippen MR) is 83.6 cm³/mol. The molecule has 0 unspecified atom stereocenters. The lowest BCUT2D eigenvalue weighted by atomic mass is 10.1. The fourth-order valence-corrected chi connectivity index (χ4v) is 2.20. The van der Waals surface area contributed by atoms with Crippen molar-refractivity contribution >= 4 is 23.2 Å². The highest BCUT2D eigenvalue weighted by Crippen LogP contribution is 2.29. The molecule has 1 N–H and O–H groups in total. The molecule has 0 bridgehead atoms. The first-order valence-corrected chi connectivity index (χ1v) is 7.24. The molecule has 10 heteroatoms. The number of halogens is 4. The van der Waals surface area contributed by atoms with Crippen LogP contribution in [0, 0.1) is 0 Å². The topological polar surface area (TPSA) is 72.7 Å². The van der Waals surface area contributed by atoms with Gasteiger partial charge in [-0.15, -0.1) is 5.10 Å². The number of hydrogen-bond donors (Lipinski definition) is 1. The second-order valence-electron chi connectivity index (χ2n) is 4.95. The molecule has 0 radical (unpaired) electrons. The van der Waals surface area contributed by atoms with E-state index in [9.17, 15) is 18.0 Å². The van der Waals surface area contributed by atoms with Crippen LogP contribution in [0.15, 0.2) is 48.8 Å². The van der Waals surface area contributed by atoms with Gasteiger partial charge in [0.25, 0.3) is 5.91 Å². The third-order valence-electron chi connectivity index (χ3n) is 3.29. The van der Waals surface area contributed by atoms with Gasteiger partial charge in [-0.3, -0.25) is 4.79 Å². The minimum atomic E-state index is -4.46. The first kappa shape index (κ1) is 16.9. The van der Waals surface area contributed by atoms with Gasteiger partial charge in [-0.05, 0) is 52.9 Å². The highest BCUT2D eigenvalue weighted by molar-refractivity contribution is 6.34. The molecule has 1 heterocycles. The van der Waals surface area contributed by atoms with Crippen molar-refractivity contribution in [1.29, 1.82) is 0 Å². The van der Waals surface area contributed by atoms with E-state index in [0.717, 1.165) is 24.3 Å². The van der Waals surface area contributed by atoms with Crippen LogP contribution in [0.3, 0.4) is 0 Å². The van der Waals surface area contributed by atoms with Crippen LogP contribution in [0.4, 0.5) is 18.9 Å². The van der Waals surface area contributed by atoms with E-state index in [2.05, 4.69) is 20.8 Å². The summed E-state index contributed by atoms with van der Waals surface area (Å²) in [7, 11) is 0. The van der Waals surface area contributed by atoms with Crippen molar-refractivity contribution in [3.8, 4) is 5.69 Å². The number of hydrogen-bond acceptors (Lipinski definition) is 4. The zero-order chi connectivity index (χ0) is 18.0. The molecule has 128 valence electrons. The largest absolute Gasteiger partial charge is 0.416 e. The lowest BCUT2D eigenvalue weighted by Gasteiger charge is -2.10. The minimum Gasteiger partial charge on any atom is -0.321 e. The summed E-state index contributed by atoms with van der Waals surface area (Å²) in [4.78, 5) is 12.2. The van der Waals surface area contributed by atoms with Crippen LogP contribution in [0.25, 0.3) is 5.69 Å². The molecule has 0 aliphatic heterocycles. The zero-order valence-electron chi connectivity index (χ0n) is 12.3. The summed E-state index contributed by atoms with van der Waals surface area (Å²) in [5.74, 6) is -0.593. The molecule has 1 aromatic heterocycles. The second kappa shape index (κ2) is 6.52. The number of tetrazole rings is 1. The number of anilines is 1. The van der Waals surface area contributed by atoms with Gasteiger partial charge < -0.3 is 5.32 Å². The maximum absolute atomic E-state index is 12.6.